The molecule has 0 N–H and O–H groups in total. The monoisotopic (exact) mass is 466 g/mol. The van der Waals surface area contributed by atoms with Crippen LogP contribution in [0.2, 0.25) is 0 Å². The van der Waals surface area contributed by atoms with E-state index in [0.29, 0.717) is 0 Å². The van der Waals surface area contributed by atoms with E-state index in [9.17, 15) is 0 Å². The third-order valence-corrected chi connectivity index (χ3v) is 6.57. The van der Waals surface area contributed by atoms with Gasteiger partial charge in [0.2, 0.25) is 0 Å². The molecule has 0 aromatic heterocycles. The smallest absolute Gasteiger partial charge is 0.135 e. The Morgan fingerprint density at radius 1 is 0.778 bits per heavy atom. The molecular formula is C35H30O. The fraction of sp³-hybridized carbons (Fsp3) is 0.0857. The highest BCUT2D eigenvalue weighted by atomic mass is 16.5. The van der Waals surface area contributed by atoms with Crippen molar-refractivity contribution in [2.75, 3.05) is 0 Å². The van der Waals surface area contributed by atoms with Crippen LogP contribution in [0.5, 0.6) is 11.5 Å². The molecule has 3 aromatic carbocycles. The minimum absolute atomic E-state index is 0.893. The van der Waals surface area contributed by atoms with Crippen LogP contribution in [0.15, 0.2) is 139 Å². The Labute approximate surface area is 213 Å². The summed E-state index contributed by atoms with van der Waals surface area (Å²) in [7, 11) is 0. The summed E-state index contributed by atoms with van der Waals surface area (Å²) in [5.41, 5.74) is 7.34. The van der Waals surface area contributed by atoms with Crippen LogP contribution < -0.4 is 15.2 Å². The second kappa shape index (κ2) is 10.9. The van der Waals surface area contributed by atoms with E-state index >= 15 is 0 Å². The van der Waals surface area contributed by atoms with Crippen LogP contribution in [0.1, 0.15) is 30.9 Å². The van der Waals surface area contributed by atoms with E-state index in [1.54, 1.807) is 0 Å². The number of fused-ring (bicyclic) bond motifs is 2. The standard InChI is InChI=1S/C35H30O/c1-26-16-8-10-18-28(26)30(29-19-11-9-17-27(29)2)20-6-4-3-5-7-21-31-32-22-12-14-24-34(32)36-35-25-15-13-23-33(31)35/h3-8,10-16,18-25H,1,9,17H2,2H3/b4-3+,7-5+,20-6+,30-28-. The van der Waals surface area contributed by atoms with Gasteiger partial charge in [-0.05, 0) is 59.1 Å². The molecular weight excluding hydrogens is 436 g/mol. The van der Waals surface area contributed by atoms with Gasteiger partial charge in [0.05, 0.1) is 0 Å². The SMILES string of the molecule is C=c1cccc\c1=C(/C=C/C=C/C=C/C=C1c2ccccc2Oc2ccccc21)C1=C(C)CCC=C1. The van der Waals surface area contributed by atoms with Gasteiger partial charge in [-0.3, -0.25) is 0 Å². The van der Waals surface area contributed by atoms with Crippen molar-refractivity contribution in [1.82, 2.24) is 0 Å². The van der Waals surface area contributed by atoms with E-state index in [2.05, 4.69) is 111 Å². The van der Waals surface area contributed by atoms with Crippen molar-refractivity contribution in [2.45, 2.75) is 19.8 Å². The Bertz CT molecular complexity index is 1520. The van der Waals surface area contributed by atoms with Crippen LogP contribution in [0, 0.1) is 0 Å². The van der Waals surface area contributed by atoms with Crippen molar-refractivity contribution in [3.8, 4) is 11.5 Å². The molecule has 0 unspecified atom stereocenters. The van der Waals surface area contributed by atoms with Gasteiger partial charge in [0.15, 0.2) is 0 Å². The molecule has 0 saturated carbocycles. The van der Waals surface area contributed by atoms with Crippen LogP contribution >= 0.6 is 0 Å². The molecule has 0 saturated heterocycles. The number of hydrogen-bond acceptors (Lipinski definition) is 1. The van der Waals surface area contributed by atoms with Gasteiger partial charge >= 0.3 is 0 Å². The van der Waals surface area contributed by atoms with E-state index in [0.717, 1.165) is 40.7 Å². The Hall–Kier alpha value is -4.36. The summed E-state index contributed by atoms with van der Waals surface area (Å²) in [4.78, 5) is 0. The third kappa shape index (κ3) is 5.01. The number of benzene rings is 3. The highest BCUT2D eigenvalue weighted by molar-refractivity contribution is 5.88. The summed E-state index contributed by atoms with van der Waals surface area (Å²) in [5.74, 6) is 1.79. The highest BCUT2D eigenvalue weighted by Crippen LogP contribution is 2.43. The number of para-hydroxylation sites is 2. The fourth-order valence-corrected chi connectivity index (χ4v) is 4.70. The first kappa shape index (κ1) is 23.4. The molecule has 5 rings (SSSR count). The van der Waals surface area contributed by atoms with Crippen molar-refractivity contribution in [2.24, 2.45) is 0 Å². The Morgan fingerprint density at radius 2 is 1.42 bits per heavy atom. The molecule has 1 heteroatoms. The third-order valence-electron chi connectivity index (χ3n) is 6.57. The zero-order valence-corrected chi connectivity index (χ0v) is 20.7. The van der Waals surface area contributed by atoms with E-state index in [1.165, 1.54) is 27.5 Å². The van der Waals surface area contributed by atoms with Crippen LogP contribution in [0.25, 0.3) is 17.7 Å². The molecule has 0 radical (unpaired) electrons. The molecule has 36 heavy (non-hydrogen) atoms. The maximum absolute atomic E-state index is 6.09. The molecule has 0 bridgehead atoms. The lowest BCUT2D eigenvalue weighted by Crippen LogP contribution is -2.25. The molecule has 1 aliphatic heterocycles. The first-order valence-corrected chi connectivity index (χ1v) is 12.5. The topological polar surface area (TPSA) is 9.23 Å². The lowest BCUT2D eigenvalue weighted by atomic mass is 9.91. The second-order valence-electron chi connectivity index (χ2n) is 9.01. The van der Waals surface area contributed by atoms with Crippen molar-refractivity contribution >= 4 is 17.7 Å². The predicted octanol–water partition coefficient (Wildman–Crippen LogP) is 7.82. The maximum atomic E-state index is 6.09. The second-order valence-corrected chi connectivity index (χ2v) is 9.01. The van der Waals surface area contributed by atoms with Gasteiger partial charge in [0.1, 0.15) is 11.5 Å². The largest absolute Gasteiger partial charge is 0.456 e. The normalized spacial score (nSPS) is 15.9. The molecule has 0 amide bonds. The molecule has 0 spiro atoms. The van der Waals surface area contributed by atoms with Crippen LogP contribution in [-0.4, -0.2) is 0 Å². The first-order valence-electron chi connectivity index (χ1n) is 12.5. The minimum atomic E-state index is 0.893. The average Bonchev–Trinajstić information content (AvgIpc) is 2.91. The van der Waals surface area contributed by atoms with Crippen LogP contribution in [0.3, 0.4) is 0 Å². The number of rotatable bonds is 5. The quantitative estimate of drug-likeness (QED) is 0.272. The molecule has 1 nitrogen and oxygen atoms in total. The van der Waals surface area contributed by atoms with E-state index in [1.807, 2.05) is 30.3 Å². The summed E-state index contributed by atoms with van der Waals surface area (Å²) < 4.78 is 6.09. The highest BCUT2D eigenvalue weighted by Gasteiger charge is 2.20. The summed E-state index contributed by atoms with van der Waals surface area (Å²) in [5, 5.41) is 2.23. The Morgan fingerprint density at radius 3 is 2.14 bits per heavy atom. The van der Waals surface area contributed by atoms with Gasteiger partial charge in [0.25, 0.3) is 0 Å². The summed E-state index contributed by atoms with van der Waals surface area (Å²) in [6, 6.07) is 24.7. The number of ether oxygens (including phenoxy) is 1. The molecule has 0 fully saturated rings. The summed E-state index contributed by atoms with van der Waals surface area (Å²) in [6.07, 6.45) is 21.5. The van der Waals surface area contributed by atoms with E-state index in [-0.39, 0.29) is 0 Å². The van der Waals surface area contributed by atoms with Gasteiger partial charge in [-0.1, -0.05) is 127 Å². The lowest BCUT2D eigenvalue weighted by molar-refractivity contribution is 0.474. The Balaban J connectivity index is 1.40. The molecule has 1 aliphatic carbocycles. The van der Waals surface area contributed by atoms with Gasteiger partial charge in [-0.25, -0.2) is 0 Å². The van der Waals surface area contributed by atoms with Crippen molar-refractivity contribution in [3.63, 3.8) is 0 Å². The maximum Gasteiger partial charge on any atom is 0.135 e. The molecule has 176 valence electrons. The van der Waals surface area contributed by atoms with Gasteiger partial charge in [-0.2, -0.15) is 0 Å². The first-order chi connectivity index (χ1) is 17.7. The van der Waals surface area contributed by atoms with Gasteiger partial charge in [0, 0.05) is 11.1 Å². The summed E-state index contributed by atoms with van der Waals surface area (Å²) in [6.45, 7) is 6.49. The zero-order valence-electron chi connectivity index (χ0n) is 20.7. The average molecular weight is 467 g/mol. The van der Waals surface area contributed by atoms with Gasteiger partial charge in [-0.15, -0.1) is 0 Å². The molecule has 2 aliphatic rings. The van der Waals surface area contributed by atoms with Crippen molar-refractivity contribution in [3.05, 3.63) is 160 Å². The molecule has 3 aromatic rings. The number of allylic oxidation sites excluding steroid dienone is 11. The van der Waals surface area contributed by atoms with Crippen molar-refractivity contribution in [1.29, 1.82) is 0 Å². The number of hydrogen-bond donors (Lipinski definition) is 0. The van der Waals surface area contributed by atoms with Gasteiger partial charge < -0.3 is 4.74 Å². The molecule has 0 atom stereocenters. The minimum Gasteiger partial charge on any atom is -0.456 e. The van der Waals surface area contributed by atoms with Crippen LogP contribution in [0.4, 0.5) is 0 Å². The fourth-order valence-electron chi connectivity index (χ4n) is 4.70. The summed E-state index contributed by atoms with van der Waals surface area (Å²) >= 11 is 0. The van der Waals surface area contributed by atoms with Crippen LogP contribution in [-0.2, 0) is 0 Å². The Kier molecular flexibility index (Phi) is 7.10. The zero-order chi connectivity index (χ0) is 24.7. The van der Waals surface area contributed by atoms with E-state index < -0.39 is 0 Å². The predicted molar refractivity (Wildman–Crippen MR) is 153 cm³/mol. The lowest BCUT2D eigenvalue weighted by Gasteiger charge is -2.22. The van der Waals surface area contributed by atoms with E-state index in [4.69, 9.17) is 4.74 Å². The van der Waals surface area contributed by atoms with Crippen molar-refractivity contribution < 1.29 is 4.74 Å². The molecule has 1 heterocycles.